The molecule has 3 aliphatic carbocycles. The average molecular weight is 574 g/mol. The zero-order valence-corrected chi connectivity index (χ0v) is 23.5. The number of carbonyl (C=O) groups is 3. The van der Waals surface area contributed by atoms with Crippen LogP contribution in [0.4, 0.5) is 5.69 Å². The Bertz CT molecular complexity index is 1690. The molecule has 2 aromatic rings. The topological polar surface area (TPSA) is 185 Å². The van der Waals surface area contributed by atoms with Gasteiger partial charge in [0.1, 0.15) is 28.6 Å². The lowest BCUT2D eigenvalue weighted by molar-refractivity contribution is -0.148. The van der Waals surface area contributed by atoms with E-state index >= 15 is 0 Å². The van der Waals surface area contributed by atoms with Crippen LogP contribution >= 0.6 is 0 Å². The number of carbonyl (C=O) groups excluding carboxylic acids is 3. The fourth-order valence-electron chi connectivity index (χ4n) is 6.52. The summed E-state index contributed by atoms with van der Waals surface area (Å²) in [7, 11) is 6.69. The highest BCUT2D eigenvalue weighted by molar-refractivity contribution is 6.25. The van der Waals surface area contributed by atoms with Gasteiger partial charge in [-0.05, 0) is 62.7 Å². The summed E-state index contributed by atoms with van der Waals surface area (Å²) in [6, 6.07) is 6.80. The highest BCUT2D eigenvalue weighted by atomic mass is 16.3. The summed E-state index contributed by atoms with van der Waals surface area (Å²) in [5.41, 5.74) is 3.13. The summed E-state index contributed by atoms with van der Waals surface area (Å²) in [4.78, 5) is 43.0. The number of aliphatic hydroxyl groups excluding tert-OH is 2. The second-order valence-electron chi connectivity index (χ2n) is 11.3. The van der Waals surface area contributed by atoms with Crippen molar-refractivity contribution in [2.45, 2.75) is 24.5 Å². The van der Waals surface area contributed by atoms with Crippen molar-refractivity contribution in [2.24, 2.45) is 17.6 Å². The minimum absolute atomic E-state index is 0.00154. The van der Waals surface area contributed by atoms with Crippen LogP contribution in [-0.4, -0.2) is 87.7 Å². The third kappa shape index (κ3) is 4.10. The van der Waals surface area contributed by atoms with Gasteiger partial charge in [-0.1, -0.05) is 17.9 Å². The number of rotatable bonds is 3. The molecule has 0 bridgehead atoms. The fourth-order valence-corrected chi connectivity index (χ4v) is 6.52. The molecule has 0 fully saturated rings. The highest BCUT2D eigenvalue weighted by Crippen LogP contribution is 2.53. The smallest absolute Gasteiger partial charge is 0.255 e. The minimum atomic E-state index is -2.71. The van der Waals surface area contributed by atoms with Gasteiger partial charge in [0.25, 0.3) is 5.91 Å². The number of anilines is 1. The number of phenols is 2. The predicted octanol–water partition coefficient (Wildman–Crippen LogP) is 1.29. The molecule has 3 aliphatic rings. The molecule has 0 radical (unpaired) electrons. The number of nitrogens with two attached hydrogens (primary N) is 1. The standard InChI is InChI=1S/C31H31N3O8/c1-33(2)20-13-15(9-8-14-6-5-7-17(35)10-14)25(36)22-18(20)11-16-12-19-24(34(3)4)27(38)23(30(32)41)29(40)31(19,42)28(39)21(16)26(22)37/h5-7,10,13,16,19,24,35-36,38-39,42H,11-12H2,1-4H3,(H2,32,41). The number of benzene rings is 2. The molecule has 4 atom stereocenters. The molecule has 218 valence electrons. The van der Waals surface area contributed by atoms with Gasteiger partial charge in [0.15, 0.2) is 11.4 Å². The van der Waals surface area contributed by atoms with E-state index in [2.05, 4.69) is 11.8 Å². The molecule has 42 heavy (non-hydrogen) atoms. The van der Waals surface area contributed by atoms with E-state index in [1.807, 2.05) is 0 Å². The van der Waals surface area contributed by atoms with Crippen LogP contribution in [0.1, 0.15) is 33.5 Å². The SMILES string of the molecule is CN(C)c1cc(C#Cc2cccc(O)c2)c(O)c2c1CC1CC3C(N(C)C)C(O)=C(C(N)=O)C(=O)C3(O)C(O)=C1C2=O. The second-order valence-corrected chi connectivity index (χ2v) is 11.3. The molecule has 0 saturated heterocycles. The quantitative estimate of drug-likeness (QED) is 0.231. The first kappa shape index (κ1) is 28.7. The number of primary amides is 1. The van der Waals surface area contributed by atoms with Gasteiger partial charge in [-0.25, -0.2) is 0 Å². The number of aromatic hydroxyl groups is 2. The molecular weight excluding hydrogens is 542 g/mol. The van der Waals surface area contributed by atoms with Crippen LogP contribution in [0.2, 0.25) is 0 Å². The Kier molecular flexibility index (Phi) is 6.80. The van der Waals surface area contributed by atoms with Gasteiger partial charge < -0.3 is 36.2 Å². The van der Waals surface area contributed by atoms with Gasteiger partial charge in [0.05, 0.1) is 17.2 Å². The monoisotopic (exact) mass is 573 g/mol. The lowest BCUT2D eigenvalue weighted by Crippen LogP contribution is -2.63. The molecule has 0 aromatic heterocycles. The van der Waals surface area contributed by atoms with Crippen LogP contribution in [0.25, 0.3) is 0 Å². The largest absolute Gasteiger partial charge is 0.510 e. The molecule has 0 aliphatic heterocycles. The zero-order chi connectivity index (χ0) is 30.8. The molecule has 7 N–H and O–H groups in total. The Morgan fingerprint density at radius 1 is 1.05 bits per heavy atom. The van der Waals surface area contributed by atoms with Crippen molar-refractivity contribution in [3.63, 3.8) is 0 Å². The number of hydrogen-bond donors (Lipinski definition) is 6. The van der Waals surface area contributed by atoms with Crippen molar-refractivity contribution < 1.29 is 39.9 Å². The molecule has 2 aromatic carbocycles. The van der Waals surface area contributed by atoms with E-state index in [9.17, 15) is 39.9 Å². The van der Waals surface area contributed by atoms with Crippen LogP contribution in [-0.2, 0) is 16.0 Å². The van der Waals surface area contributed by atoms with E-state index in [1.165, 1.54) is 17.0 Å². The zero-order valence-electron chi connectivity index (χ0n) is 23.5. The first-order chi connectivity index (χ1) is 19.7. The number of aliphatic hydroxyl groups is 3. The first-order valence-electron chi connectivity index (χ1n) is 13.2. The van der Waals surface area contributed by atoms with Crippen molar-refractivity contribution in [2.75, 3.05) is 33.1 Å². The summed E-state index contributed by atoms with van der Waals surface area (Å²) in [5, 5.41) is 55.2. The van der Waals surface area contributed by atoms with E-state index in [0.717, 1.165) is 0 Å². The Morgan fingerprint density at radius 2 is 1.74 bits per heavy atom. The van der Waals surface area contributed by atoms with Crippen LogP contribution in [0.5, 0.6) is 11.5 Å². The molecule has 0 saturated carbocycles. The molecule has 0 spiro atoms. The van der Waals surface area contributed by atoms with E-state index in [-0.39, 0.29) is 35.3 Å². The Morgan fingerprint density at radius 3 is 2.33 bits per heavy atom. The summed E-state index contributed by atoms with van der Waals surface area (Å²) in [6.45, 7) is 0. The second kappa shape index (κ2) is 9.94. The maximum atomic E-state index is 14.1. The number of phenolic OH excluding ortho intramolecular Hbond substituents is 2. The molecular formula is C31H31N3O8. The lowest BCUT2D eigenvalue weighted by atomic mass is 9.58. The minimum Gasteiger partial charge on any atom is -0.510 e. The fraction of sp³-hybridized carbons (Fsp3) is 0.323. The number of fused-ring (bicyclic) bond motifs is 3. The lowest BCUT2D eigenvalue weighted by Gasteiger charge is -2.50. The number of amides is 1. The number of hydrogen-bond acceptors (Lipinski definition) is 10. The van der Waals surface area contributed by atoms with Crippen molar-refractivity contribution in [3.8, 4) is 23.3 Å². The Labute approximate surface area is 241 Å². The number of Topliss-reactive ketones (excluding diaryl/α,β-unsaturated/α-hetero) is 2. The van der Waals surface area contributed by atoms with Gasteiger partial charge in [-0.2, -0.15) is 0 Å². The number of likely N-dealkylation sites (N-methyl/N-ethyl adjacent to an activating group) is 1. The van der Waals surface area contributed by atoms with Crippen molar-refractivity contribution in [1.29, 1.82) is 0 Å². The van der Waals surface area contributed by atoms with E-state index in [0.29, 0.717) is 16.8 Å². The van der Waals surface area contributed by atoms with E-state index in [4.69, 9.17) is 5.73 Å². The Hall–Kier alpha value is -4.79. The van der Waals surface area contributed by atoms with Crippen LogP contribution in [0.15, 0.2) is 53.0 Å². The first-order valence-corrected chi connectivity index (χ1v) is 13.2. The summed E-state index contributed by atoms with van der Waals surface area (Å²) < 4.78 is 0. The van der Waals surface area contributed by atoms with Gasteiger partial charge in [0.2, 0.25) is 5.78 Å². The van der Waals surface area contributed by atoms with Crippen LogP contribution < -0.4 is 10.6 Å². The van der Waals surface area contributed by atoms with E-state index < -0.39 is 63.8 Å². The Balaban J connectivity index is 1.71. The highest BCUT2D eigenvalue weighted by Gasteiger charge is 2.63. The van der Waals surface area contributed by atoms with E-state index in [1.54, 1.807) is 51.3 Å². The van der Waals surface area contributed by atoms with Crippen molar-refractivity contribution in [3.05, 3.63) is 75.3 Å². The normalized spacial score (nSPS) is 25.0. The molecule has 4 unspecified atom stereocenters. The number of ketones is 2. The molecule has 11 nitrogen and oxygen atoms in total. The average Bonchev–Trinajstić information content (AvgIpc) is 2.89. The summed E-state index contributed by atoms with van der Waals surface area (Å²) in [6.07, 6.45) is 0.161. The third-order valence-corrected chi connectivity index (χ3v) is 8.37. The van der Waals surface area contributed by atoms with Gasteiger partial charge in [0, 0.05) is 36.8 Å². The molecule has 1 amide bonds. The molecule has 5 rings (SSSR count). The van der Waals surface area contributed by atoms with Crippen LogP contribution in [0, 0.1) is 23.7 Å². The number of allylic oxidation sites excluding steroid dienone is 1. The van der Waals surface area contributed by atoms with Crippen LogP contribution in [0.3, 0.4) is 0 Å². The number of nitrogens with zero attached hydrogens (tertiary/aromatic N) is 2. The van der Waals surface area contributed by atoms with Crippen molar-refractivity contribution in [1.82, 2.24) is 4.90 Å². The van der Waals surface area contributed by atoms with Gasteiger partial charge >= 0.3 is 0 Å². The van der Waals surface area contributed by atoms with Crippen molar-refractivity contribution >= 4 is 23.2 Å². The molecule has 11 heteroatoms. The summed E-state index contributed by atoms with van der Waals surface area (Å²) >= 11 is 0. The summed E-state index contributed by atoms with van der Waals surface area (Å²) in [5.74, 6) is -1.41. The van der Waals surface area contributed by atoms with Gasteiger partial charge in [-0.15, -0.1) is 0 Å². The maximum Gasteiger partial charge on any atom is 0.255 e. The van der Waals surface area contributed by atoms with Gasteiger partial charge in [-0.3, -0.25) is 19.3 Å². The molecule has 0 heterocycles. The predicted molar refractivity (Wildman–Crippen MR) is 152 cm³/mol. The maximum absolute atomic E-state index is 14.1. The third-order valence-electron chi connectivity index (χ3n) is 8.37.